The molecular formula is C15H15NO4. The molecule has 0 bridgehead atoms. The topological polar surface area (TPSA) is 70.8 Å². The second-order valence-corrected chi connectivity index (χ2v) is 4.66. The van der Waals surface area contributed by atoms with Crippen LogP contribution in [-0.2, 0) is 0 Å². The van der Waals surface area contributed by atoms with Gasteiger partial charge in [-0.15, -0.1) is 0 Å². The molecule has 5 nitrogen and oxygen atoms in total. The van der Waals surface area contributed by atoms with E-state index in [0.717, 1.165) is 23.1 Å². The first-order valence-electron chi connectivity index (χ1n) is 6.07. The van der Waals surface area contributed by atoms with Crippen molar-refractivity contribution in [1.82, 2.24) is 0 Å². The van der Waals surface area contributed by atoms with E-state index in [0.29, 0.717) is 0 Å². The van der Waals surface area contributed by atoms with E-state index < -0.39 is 5.97 Å². The molecule has 1 aromatic heterocycles. The first kappa shape index (κ1) is 13.9. The van der Waals surface area contributed by atoms with E-state index in [1.54, 1.807) is 7.05 Å². The highest BCUT2D eigenvalue weighted by atomic mass is 16.4. The highest BCUT2D eigenvalue weighted by Gasteiger charge is 2.20. The summed E-state index contributed by atoms with van der Waals surface area (Å²) in [5, 5.41) is 8.83. The maximum absolute atomic E-state index is 12.3. The van der Waals surface area contributed by atoms with Gasteiger partial charge in [0.15, 0.2) is 5.76 Å². The van der Waals surface area contributed by atoms with Crippen molar-refractivity contribution in [2.75, 3.05) is 11.9 Å². The number of hydrogen-bond donors (Lipinski definition) is 1. The Balaban J connectivity index is 2.29. The molecule has 0 aliphatic carbocycles. The quantitative estimate of drug-likeness (QED) is 0.933. The summed E-state index contributed by atoms with van der Waals surface area (Å²) in [6.07, 6.45) is 1.06. The Bertz CT molecular complexity index is 672. The third kappa shape index (κ3) is 2.56. The van der Waals surface area contributed by atoms with Gasteiger partial charge in [0, 0.05) is 18.8 Å². The molecule has 1 N–H and O–H groups in total. The molecule has 0 radical (unpaired) electrons. The molecule has 2 aromatic rings. The third-order valence-electron chi connectivity index (χ3n) is 3.08. The van der Waals surface area contributed by atoms with Crippen LogP contribution < -0.4 is 4.90 Å². The van der Waals surface area contributed by atoms with Crippen molar-refractivity contribution >= 4 is 17.6 Å². The lowest BCUT2D eigenvalue weighted by Gasteiger charge is -2.18. The minimum Gasteiger partial charge on any atom is -0.478 e. The summed E-state index contributed by atoms with van der Waals surface area (Å²) in [4.78, 5) is 24.5. The van der Waals surface area contributed by atoms with Gasteiger partial charge in [-0.05, 0) is 25.5 Å². The largest absolute Gasteiger partial charge is 0.478 e. The third-order valence-corrected chi connectivity index (χ3v) is 3.08. The maximum atomic E-state index is 12.3. The number of rotatable bonds is 3. The molecule has 0 fully saturated rings. The zero-order chi connectivity index (χ0) is 14.9. The summed E-state index contributed by atoms with van der Waals surface area (Å²) in [5.41, 5.74) is 2.79. The van der Waals surface area contributed by atoms with Crippen LogP contribution in [0.3, 0.4) is 0 Å². The SMILES string of the molecule is Cc1ccc(N(C)C(=O)c2cc(C(=O)O)co2)c(C)c1. The number of anilines is 1. The number of carbonyl (C=O) groups is 2. The number of hydrogen-bond acceptors (Lipinski definition) is 3. The molecule has 0 spiro atoms. The molecule has 0 unspecified atom stereocenters. The number of amides is 1. The van der Waals surface area contributed by atoms with E-state index in [1.165, 1.54) is 11.0 Å². The van der Waals surface area contributed by atoms with E-state index in [9.17, 15) is 9.59 Å². The molecule has 0 saturated carbocycles. The summed E-state index contributed by atoms with van der Waals surface area (Å²) >= 11 is 0. The van der Waals surface area contributed by atoms with Gasteiger partial charge in [-0.25, -0.2) is 4.79 Å². The zero-order valence-corrected chi connectivity index (χ0v) is 11.5. The van der Waals surface area contributed by atoms with Gasteiger partial charge in [0.05, 0.1) is 5.56 Å². The highest BCUT2D eigenvalue weighted by Crippen LogP contribution is 2.22. The van der Waals surface area contributed by atoms with E-state index in [1.807, 2.05) is 32.0 Å². The van der Waals surface area contributed by atoms with Gasteiger partial charge in [0.2, 0.25) is 0 Å². The lowest BCUT2D eigenvalue weighted by atomic mass is 10.1. The Kier molecular flexibility index (Phi) is 3.61. The summed E-state index contributed by atoms with van der Waals surface area (Å²) in [6, 6.07) is 6.97. The maximum Gasteiger partial charge on any atom is 0.338 e. The number of carboxylic acid groups (broad SMARTS) is 1. The van der Waals surface area contributed by atoms with Crippen molar-refractivity contribution < 1.29 is 19.1 Å². The average Bonchev–Trinajstić information content (AvgIpc) is 2.87. The Morgan fingerprint density at radius 2 is 1.90 bits per heavy atom. The van der Waals surface area contributed by atoms with Crippen LogP contribution in [0.15, 0.2) is 34.9 Å². The second-order valence-electron chi connectivity index (χ2n) is 4.66. The molecule has 104 valence electrons. The summed E-state index contributed by atoms with van der Waals surface area (Å²) < 4.78 is 5.02. The van der Waals surface area contributed by atoms with Crippen molar-refractivity contribution in [2.24, 2.45) is 0 Å². The molecule has 2 rings (SSSR count). The number of aromatic carboxylic acids is 1. The lowest BCUT2D eigenvalue weighted by Crippen LogP contribution is -2.26. The molecule has 0 saturated heterocycles. The Morgan fingerprint density at radius 3 is 2.45 bits per heavy atom. The predicted molar refractivity (Wildman–Crippen MR) is 74.3 cm³/mol. The van der Waals surface area contributed by atoms with Gasteiger partial charge < -0.3 is 14.4 Å². The monoisotopic (exact) mass is 273 g/mol. The molecule has 1 amide bonds. The average molecular weight is 273 g/mol. The van der Waals surface area contributed by atoms with Crippen LogP contribution in [0.25, 0.3) is 0 Å². The lowest BCUT2D eigenvalue weighted by molar-refractivity contribution is 0.0696. The van der Waals surface area contributed by atoms with Crippen molar-refractivity contribution in [3.8, 4) is 0 Å². The summed E-state index contributed by atoms with van der Waals surface area (Å²) in [6.45, 7) is 3.89. The molecule has 1 heterocycles. The zero-order valence-electron chi connectivity index (χ0n) is 11.5. The van der Waals surface area contributed by atoms with Gasteiger partial charge in [0.1, 0.15) is 6.26 Å². The van der Waals surface area contributed by atoms with E-state index in [-0.39, 0.29) is 17.2 Å². The summed E-state index contributed by atoms with van der Waals surface area (Å²) in [7, 11) is 1.63. The van der Waals surface area contributed by atoms with Crippen LogP contribution in [0.1, 0.15) is 32.0 Å². The normalized spacial score (nSPS) is 10.3. The fraction of sp³-hybridized carbons (Fsp3) is 0.200. The summed E-state index contributed by atoms with van der Waals surface area (Å²) in [5.74, 6) is -1.50. The predicted octanol–water partition coefficient (Wildman–Crippen LogP) is 2.87. The molecule has 0 aliphatic heterocycles. The number of carbonyl (C=O) groups excluding carboxylic acids is 1. The van der Waals surface area contributed by atoms with Crippen LogP contribution in [0.2, 0.25) is 0 Å². The van der Waals surface area contributed by atoms with Crippen LogP contribution in [0.5, 0.6) is 0 Å². The molecule has 0 atom stereocenters. The van der Waals surface area contributed by atoms with E-state index in [4.69, 9.17) is 9.52 Å². The number of benzene rings is 1. The van der Waals surface area contributed by atoms with Crippen LogP contribution >= 0.6 is 0 Å². The van der Waals surface area contributed by atoms with Gasteiger partial charge in [-0.2, -0.15) is 0 Å². The van der Waals surface area contributed by atoms with E-state index in [2.05, 4.69) is 0 Å². The fourth-order valence-electron chi connectivity index (χ4n) is 2.02. The first-order chi connectivity index (χ1) is 9.40. The standard InChI is InChI=1S/C15H15NO4/c1-9-4-5-12(10(2)6-9)16(3)14(17)13-7-11(8-20-13)15(18)19/h4-8H,1-3H3,(H,18,19). The second kappa shape index (κ2) is 5.21. The Labute approximate surface area is 116 Å². The van der Waals surface area contributed by atoms with Crippen LogP contribution in [0, 0.1) is 13.8 Å². The molecule has 0 aliphatic rings. The van der Waals surface area contributed by atoms with Gasteiger partial charge >= 0.3 is 5.97 Å². The highest BCUT2D eigenvalue weighted by molar-refractivity contribution is 6.05. The van der Waals surface area contributed by atoms with Crippen LogP contribution in [0.4, 0.5) is 5.69 Å². The van der Waals surface area contributed by atoms with Crippen molar-refractivity contribution in [3.05, 3.63) is 53.0 Å². The van der Waals surface area contributed by atoms with Crippen molar-refractivity contribution in [1.29, 1.82) is 0 Å². The molecule has 5 heteroatoms. The molecular weight excluding hydrogens is 258 g/mol. The minimum absolute atomic E-state index is 0.00451. The van der Waals surface area contributed by atoms with Gasteiger partial charge in [0.25, 0.3) is 5.91 Å². The van der Waals surface area contributed by atoms with E-state index >= 15 is 0 Å². The number of carboxylic acids is 1. The Hall–Kier alpha value is -2.56. The Morgan fingerprint density at radius 1 is 1.20 bits per heavy atom. The van der Waals surface area contributed by atoms with Crippen molar-refractivity contribution in [2.45, 2.75) is 13.8 Å². The van der Waals surface area contributed by atoms with Crippen molar-refractivity contribution in [3.63, 3.8) is 0 Å². The first-order valence-corrected chi connectivity index (χ1v) is 6.07. The molecule has 20 heavy (non-hydrogen) atoms. The van der Waals surface area contributed by atoms with Gasteiger partial charge in [-0.3, -0.25) is 4.79 Å². The number of furan rings is 1. The number of nitrogens with zero attached hydrogens (tertiary/aromatic N) is 1. The smallest absolute Gasteiger partial charge is 0.338 e. The number of aryl methyl sites for hydroxylation is 2. The minimum atomic E-state index is -1.12. The molecule has 1 aromatic carbocycles. The fourth-order valence-corrected chi connectivity index (χ4v) is 2.02. The van der Waals surface area contributed by atoms with Gasteiger partial charge in [-0.1, -0.05) is 17.7 Å². The van der Waals surface area contributed by atoms with Crippen LogP contribution in [-0.4, -0.2) is 24.0 Å².